The van der Waals surface area contributed by atoms with Crippen LogP contribution in [0.1, 0.15) is 18.1 Å². The maximum Gasteiger partial charge on any atom is 0.248 e. The highest BCUT2D eigenvalue weighted by atomic mass is 32.2. The zero-order chi connectivity index (χ0) is 21.9. The third kappa shape index (κ3) is 4.71. The number of rotatable bonds is 6. The van der Waals surface area contributed by atoms with Gasteiger partial charge in [-0.05, 0) is 49.6 Å². The van der Waals surface area contributed by atoms with Gasteiger partial charge in [0.2, 0.25) is 15.9 Å². The fourth-order valence-electron chi connectivity index (χ4n) is 3.44. The van der Waals surface area contributed by atoms with Gasteiger partial charge < -0.3 is 5.32 Å². The first kappa shape index (κ1) is 21.6. The third-order valence-corrected chi connectivity index (χ3v) is 6.19. The molecule has 0 unspecified atom stereocenters. The molecule has 5 nitrogen and oxygen atoms in total. The number of nitrogens with one attached hydrogen (secondary N) is 1. The lowest BCUT2D eigenvalue weighted by atomic mass is 10.0. The number of amides is 1. The van der Waals surface area contributed by atoms with E-state index in [0.717, 1.165) is 28.5 Å². The lowest BCUT2D eigenvalue weighted by molar-refractivity contribution is -0.116. The molecule has 0 saturated carbocycles. The van der Waals surface area contributed by atoms with Crippen molar-refractivity contribution in [3.8, 4) is 11.1 Å². The second kappa shape index (κ2) is 8.71. The van der Waals surface area contributed by atoms with Gasteiger partial charge in [-0.3, -0.25) is 9.10 Å². The lowest BCUT2D eigenvalue weighted by Crippen LogP contribution is -2.45. The van der Waals surface area contributed by atoms with Crippen LogP contribution in [-0.4, -0.2) is 26.6 Å². The van der Waals surface area contributed by atoms with Crippen molar-refractivity contribution in [2.45, 2.75) is 26.8 Å². The van der Waals surface area contributed by atoms with Gasteiger partial charge >= 0.3 is 0 Å². The van der Waals surface area contributed by atoms with E-state index in [4.69, 9.17) is 0 Å². The summed E-state index contributed by atoms with van der Waals surface area (Å²) in [6, 6.07) is 21.9. The van der Waals surface area contributed by atoms with E-state index in [0.29, 0.717) is 11.4 Å². The minimum absolute atomic E-state index is 0.398. The Bertz CT molecular complexity index is 1160. The molecule has 0 bridgehead atoms. The van der Waals surface area contributed by atoms with Crippen molar-refractivity contribution >= 4 is 27.3 Å². The molecule has 0 aliphatic heterocycles. The van der Waals surface area contributed by atoms with E-state index in [-0.39, 0.29) is 0 Å². The van der Waals surface area contributed by atoms with Crippen LogP contribution in [0.4, 0.5) is 11.4 Å². The van der Waals surface area contributed by atoms with Crippen molar-refractivity contribution in [3.63, 3.8) is 0 Å². The van der Waals surface area contributed by atoms with Crippen LogP contribution in [0.3, 0.4) is 0 Å². The molecule has 0 saturated heterocycles. The minimum atomic E-state index is -3.68. The quantitative estimate of drug-likeness (QED) is 0.623. The Morgan fingerprint density at radius 3 is 2.23 bits per heavy atom. The molecule has 0 aliphatic carbocycles. The number of carbonyl (C=O) groups is 1. The fraction of sp³-hybridized carbons (Fsp3) is 0.208. The highest BCUT2D eigenvalue weighted by molar-refractivity contribution is 7.92. The van der Waals surface area contributed by atoms with Crippen LogP contribution in [0.5, 0.6) is 0 Å². The molecule has 1 N–H and O–H groups in total. The van der Waals surface area contributed by atoms with Crippen LogP contribution in [0, 0.1) is 13.8 Å². The van der Waals surface area contributed by atoms with Gasteiger partial charge in [-0.25, -0.2) is 8.42 Å². The molecule has 0 spiro atoms. The predicted molar refractivity (Wildman–Crippen MR) is 123 cm³/mol. The smallest absolute Gasteiger partial charge is 0.248 e. The predicted octanol–water partition coefficient (Wildman–Crippen LogP) is 4.76. The van der Waals surface area contributed by atoms with E-state index in [2.05, 4.69) is 5.32 Å². The molecule has 30 heavy (non-hydrogen) atoms. The summed E-state index contributed by atoms with van der Waals surface area (Å²) in [5.74, 6) is -0.398. The monoisotopic (exact) mass is 422 g/mol. The van der Waals surface area contributed by atoms with Gasteiger partial charge in [0, 0.05) is 11.3 Å². The van der Waals surface area contributed by atoms with E-state index < -0.39 is 22.0 Å². The van der Waals surface area contributed by atoms with Gasteiger partial charge in [-0.15, -0.1) is 0 Å². The van der Waals surface area contributed by atoms with Crippen molar-refractivity contribution in [1.29, 1.82) is 0 Å². The van der Waals surface area contributed by atoms with Gasteiger partial charge in [0.25, 0.3) is 0 Å². The molecule has 3 rings (SSSR count). The van der Waals surface area contributed by atoms with Gasteiger partial charge in [0.05, 0.1) is 11.9 Å². The van der Waals surface area contributed by atoms with Gasteiger partial charge in [0.15, 0.2) is 0 Å². The Labute approximate surface area is 178 Å². The highest BCUT2D eigenvalue weighted by Gasteiger charge is 2.30. The van der Waals surface area contributed by atoms with Crippen LogP contribution in [-0.2, 0) is 14.8 Å². The van der Waals surface area contributed by atoms with E-state index in [1.807, 2.05) is 80.6 Å². The lowest BCUT2D eigenvalue weighted by Gasteiger charge is -2.30. The van der Waals surface area contributed by atoms with Crippen LogP contribution >= 0.6 is 0 Å². The van der Waals surface area contributed by atoms with Crippen molar-refractivity contribution in [2.75, 3.05) is 15.9 Å². The second-order valence-corrected chi connectivity index (χ2v) is 9.29. The highest BCUT2D eigenvalue weighted by Crippen LogP contribution is 2.30. The summed E-state index contributed by atoms with van der Waals surface area (Å²) in [6.07, 6.45) is 1.12. The molecule has 6 heteroatoms. The molecule has 0 heterocycles. The number of carbonyl (C=O) groups excluding carboxylic acids is 1. The summed E-state index contributed by atoms with van der Waals surface area (Å²) in [7, 11) is -3.68. The largest absolute Gasteiger partial charge is 0.324 e. The summed E-state index contributed by atoms with van der Waals surface area (Å²) < 4.78 is 26.4. The van der Waals surface area contributed by atoms with Crippen LogP contribution in [0.2, 0.25) is 0 Å². The number of aryl methyl sites for hydroxylation is 2. The Morgan fingerprint density at radius 2 is 1.57 bits per heavy atom. The first-order valence-corrected chi connectivity index (χ1v) is 11.6. The summed E-state index contributed by atoms with van der Waals surface area (Å²) >= 11 is 0. The molecule has 1 amide bonds. The SMILES string of the molecule is Cc1ccc(C)c(N([C@H](C)C(=O)Nc2ccccc2-c2ccccc2)S(C)(=O)=O)c1. The number of hydrogen-bond acceptors (Lipinski definition) is 3. The topological polar surface area (TPSA) is 66.5 Å². The average Bonchev–Trinajstić information content (AvgIpc) is 2.70. The van der Waals surface area contributed by atoms with Crippen LogP contribution in [0.25, 0.3) is 11.1 Å². The number of benzene rings is 3. The number of nitrogens with zero attached hydrogens (tertiary/aromatic N) is 1. The minimum Gasteiger partial charge on any atom is -0.324 e. The number of sulfonamides is 1. The summed E-state index contributed by atoms with van der Waals surface area (Å²) in [6.45, 7) is 5.33. The van der Waals surface area contributed by atoms with Crippen molar-refractivity contribution in [1.82, 2.24) is 0 Å². The standard InChI is InChI=1S/C24H26N2O3S/c1-17-14-15-18(2)23(16-17)26(30(4,28)29)19(3)24(27)25-22-13-9-8-12-21(22)20-10-6-5-7-11-20/h5-16,19H,1-4H3,(H,25,27)/t19-/m1/s1. The van der Waals surface area contributed by atoms with Gasteiger partial charge in [-0.1, -0.05) is 60.7 Å². The maximum atomic E-state index is 13.1. The van der Waals surface area contributed by atoms with E-state index in [1.54, 1.807) is 13.0 Å². The molecule has 0 fully saturated rings. The Balaban J connectivity index is 1.96. The zero-order valence-corrected chi connectivity index (χ0v) is 18.4. The Kier molecular flexibility index (Phi) is 6.27. The van der Waals surface area contributed by atoms with Gasteiger partial charge in [0.1, 0.15) is 6.04 Å². The second-order valence-electron chi connectivity index (χ2n) is 7.43. The molecular weight excluding hydrogens is 396 g/mol. The molecule has 0 aromatic heterocycles. The van der Waals surface area contributed by atoms with Crippen molar-refractivity contribution in [3.05, 3.63) is 83.9 Å². The normalized spacial score (nSPS) is 12.3. The average molecular weight is 423 g/mol. The summed E-state index contributed by atoms with van der Waals surface area (Å²) in [4.78, 5) is 13.1. The van der Waals surface area contributed by atoms with Crippen molar-refractivity contribution in [2.24, 2.45) is 0 Å². The molecule has 3 aromatic carbocycles. The first-order valence-electron chi connectivity index (χ1n) is 9.70. The fourth-order valence-corrected chi connectivity index (χ4v) is 4.66. The zero-order valence-electron chi connectivity index (χ0n) is 17.6. The van der Waals surface area contributed by atoms with E-state index in [9.17, 15) is 13.2 Å². The summed E-state index contributed by atoms with van der Waals surface area (Å²) in [5.41, 5.74) is 4.69. The number of para-hydroxylation sites is 1. The summed E-state index contributed by atoms with van der Waals surface area (Å²) in [5, 5.41) is 2.92. The van der Waals surface area contributed by atoms with Gasteiger partial charge in [-0.2, -0.15) is 0 Å². The number of anilines is 2. The van der Waals surface area contributed by atoms with Crippen LogP contribution < -0.4 is 9.62 Å². The molecule has 3 aromatic rings. The molecule has 0 aliphatic rings. The van der Waals surface area contributed by atoms with E-state index >= 15 is 0 Å². The Morgan fingerprint density at radius 1 is 0.933 bits per heavy atom. The van der Waals surface area contributed by atoms with Crippen molar-refractivity contribution < 1.29 is 13.2 Å². The van der Waals surface area contributed by atoms with E-state index in [1.165, 1.54) is 4.31 Å². The molecular formula is C24H26N2O3S. The van der Waals surface area contributed by atoms with Crippen LogP contribution in [0.15, 0.2) is 72.8 Å². The third-order valence-electron chi connectivity index (χ3n) is 4.96. The maximum absolute atomic E-state index is 13.1. The molecule has 1 atom stereocenters. The molecule has 156 valence electrons. The Hall–Kier alpha value is -3.12. The number of hydrogen-bond donors (Lipinski definition) is 1. The molecule has 0 radical (unpaired) electrons. The first-order chi connectivity index (χ1) is 14.2.